The molecule has 0 aliphatic rings. The van der Waals surface area contributed by atoms with Crippen LogP contribution in [-0.2, 0) is 6.42 Å². The molecule has 3 heteroatoms. The van der Waals surface area contributed by atoms with E-state index in [1.54, 1.807) is 7.11 Å². The molecule has 1 aromatic rings. The van der Waals surface area contributed by atoms with Crippen molar-refractivity contribution in [1.29, 1.82) is 0 Å². The number of hydrogen-bond acceptors (Lipinski definition) is 3. The largest absolute Gasteiger partial charge is 0.497 e. The molecule has 0 heterocycles. The van der Waals surface area contributed by atoms with Gasteiger partial charge in [0.1, 0.15) is 5.75 Å². The summed E-state index contributed by atoms with van der Waals surface area (Å²) >= 11 is 0. The van der Waals surface area contributed by atoms with E-state index in [2.05, 4.69) is 43.4 Å². The van der Waals surface area contributed by atoms with Crippen LogP contribution < -0.4 is 10.1 Å². The zero-order valence-corrected chi connectivity index (χ0v) is 12.8. The van der Waals surface area contributed by atoms with E-state index in [0.29, 0.717) is 6.04 Å². The summed E-state index contributed by atoms with van der Waals surface area (Å²) in [4.78, 5) is 2.23. The van der Waals surface area contributed by atoms with Crippen molar-refractivity contribution in [3.8, 4) is 5.75 Å². The molecule has 0 saturated carbocycles. The van der Waals surface area contributed by atoms with Crippen molar-refractivity contribution in [3.05, 3.63) is 29.8 Å². The molecule has 1 N–H and O–H groups in total. The fourth-order valence-corrected chi connectivity index (χ4v) is 2.02. The molecule has 3 nitrogen and oxygen atoms in total. The van der Waals surface area contributed by atoms with Gasteiger partial charge < -0.3 is 15.0 Å². The fourth-order valence-electron chi connectivity index (χ4n) is 2.02. The highest BCUT2D eigenvalue weighted by atomic mass is 16.5. The van der Waals surface area contributed by atoms with Gasteiger partial charge in [0.15, 0.2) is 0 Å². The Labute approximate surface area is 118 Å². The van der Waals surface area contributed by atoms with E-state index >= 15 is 0 Å². The van der Waals surface area contributed by atoms with Gasteiger partial charge in [0.05, 0.1) is 7.11 Å². The van der Waals surface area contributed by atoms with Crippen LogP contribution in [0.25, 0.3) is 0 Å². The highest BCUT2D eigenvalue weighted by molar-refractivity contribution is 5.27. The molecule has 108 valence electrons. The molecule has 0 aliphatic heterocycles. The van der Waals surface area contributed by atoms with Crippen molar-refractivity contribution in [2.24, 2.45) is 0 Å². The second-order valence-electron chi connectivity index (χ2n) is 5.40. The van der Waals surface area contributed by atoms with Gasteiger partial charge in [0, 0.05) is 6.04 Å². The summed E-state index contributed by atoms with van der Waals surface area (Å²) in [5.41, 5.74) is 1.38. The fraction of sp³-hybridized carbons (Fsp3) is 0.625. The van der Waals surface area contributed by atoms with Crippen LogP contribution in [0.5, 0.6) is 5.75 Å². The van der Waals surface area contributed by atoms with Gasteiger partial charge in [-0.2, -0.15) is 0 Å². The second-order valence-corrected chi connectivity index (χ2v) is 5.40. The van der Waals surface area contributed by atoms with E-state index in [1.165, 1.54) is 18.4 Å². The predicted molar refractivity (Wildman–Crippen MR) is 82.0 cm³/mol. The lowest BCUT2D eigenvalue weighted by molar-refractivity contribution is 0.385. The molecule has 1 rings (SSSR count). The van der Waals surface area contributed by atoms with Crippen molar-refractivity contribution in [2.75, 3.05) is 34.3 Å². The zero-order valence-electron chi connectivity index (χ0n) is 12.8. The molecule has 0 aliphatic carbocycles. The minimum Gasteiger partial charge on any atom is -0.497 e. The minimum atomic E-state index is 0.573. The molecular weight excluding hydrogens is 236 g/mol. The Morgan fingerprint density at radius 2 is 1.89 bits per heavy atom. The Balaban J connectivity index is 2.16. The molecule has 0 saturated heterocycles. The van der Waals surface area contributed by atoms with Gasteiger partial charge in [-0.15, -0.1) is 0 Å². The van der Waals surface area contributed by atoms with Crippen LogP contribution in [0, 0.1) is 0 Å². The first-order valence-corrected chi connectivity index (χ1v) is 7.13. The van der Waals surface area contributed by atoms with E-state index in [-0.39, 0.29) is 0 Å². The van der Waals surface area contributed by atoms with Crippen molar-refractivity contribution in [3.63, 3.8) is 0 Å². The number of rotatable bonds is 9. The average molecular weight is 264 g/mol. The first-order chi connectivity index (χ1) is 9.11. The molecule has 0 spiro atoms. The van der Waals surface area contributed by atoms with Gasteiger partial charge in [-0.05, 0) is 71.1 Å². The summed E-state index contributed by atoms with van der Waals surface area (Å²) in [6.07, 6.45) is 3.50. The third kappa shape index (κ3) is 7.19. The summed E-state index contributed by atoms with van der Waals surface area (Å²) in [6.45, 7) is 4.51. The van der Waals surface area contributed by atoms with E-state index in [1.807, 2.05) is 12.1 Å². The van der Waals surface area contributed by atoms with Gasteiger partial charge in [0.2, 0.25) is 0 Å². The van der Waals surface area contributed by atoms with Crippen LogP contribution in [0.2, 0.25) is 0 Å². The predicted octanol–water partition coefficient (Wildman–Crippen LogP) is 2.56. The first kappa shape index (κ1) is 16.0. The molecule has 0 amide bonds. The van der Waals surface area contributed by atoms with Crippen molar-refractivity contribution >= 4 is 0 Å². The lowest BCUT2D eigenvalue weighted by Crippen LogP contribution is -2.29. The molecule has 1 aromatic carbocycles. The van der Waals surface area contributed by atoms with Crippen LogP contribution in [0.3, 0.4) is 0 Å². The summed E-state index contributed by atoms with van der Waals surface area (Å²) in [5, 5.41) is 3.58. The van der Waals surface area contributed by atoms with Gasteiger partial charge in [-0.1, -0.05) is 12.1 Å². The summed E-state index contributed by atoms with van der Waals surface area (Å²) in [5.74, 6) is 0.929. The zero-order chi connectivity index (χ0) is 14.1. The lowest BCUT2D eigenvalue weighted by atomic mass is 10.1. The molecule has 1 atom stereocenters. The number of nitrogens with one attached hydrogen (secondary N) is 1. The number of benzene rings is 1. The monoisotopic (exact) mass is 264 g/mol. The smallest absolute Gasteiger partial charge is 0.118 e. The topological polar surface area (TPSA) is 24.5 Å². The third-order valence-corrected chi connectivity index (χ3v) is 3.30. The van der Waals surface area contributed by atoms with Gasteiger partial charge in [-0.3, -0.25) is 0 Å². The van der Waals surface area contributed by atoms with Crippen LogP contribution in [0.15, 0.2) is 24.3 Å². The van der Waals surface area contributed by atoms with Crippen molar-refractivity contribution in [1.82, 2.24) is 10.2 Å². The highest BCUT2D eigenvalue weighted by Gasteiger charge is 2.02. The summed E-state index contributed by atoms with van der Waals surface area (Å²) < 4.78 is 5.16. The molecular formula is C16H28N2O. The van der Waals surface area contributed by atoms with E-state index in [4.69, 9.17) is 4.74 Å². The second kappa shape index (κ2) is 8.94. The maximum Gasteiger partial charge on any atom is 0.118 e. The Hall–Kier alpha value is -1.06. The Morgan fingerprint density at radius 1 is 1.21 bits per heavy atom. The SMILES string of the molecule is COc1ccc(CC[C@@H](C)NCCCN(C)C)cc1. The van der Waals surface area contributed by atoms with Crippen LogP contribution >= 0.6 is 0 Å². The normalized spacial score (nSPS) is 12.7. The van der Waals surface area contributed by atoms with Crippen molar-refractivity contribution < 1.29 is 4.74 Å². The third-order valence-electron chi connectivity index (χ3n) is 3.30. The van der Waals surface area contributed by atoms with E-state index in [9.17, 15) is 0 Å². The summed E-state index contributed by atoms with van der Waals surface area (Å²) in [6, 6.07) is 8.94. The minimum absolute atomic E-state index is 0.573. The lowest BCUT2D eigenvalue weighted by Gasteiger charge is -2.15. The standard InChI is InChI=1S/C16H28N2O/c1-14(17-12-5-13-18(2)3)6-7-15-8-10-16(19-4)11-9-15/h8-11,14,17H,5-7,12-13H2,1-4H3/t14-/m1/s1. The molecule has 0 fully saturated rings. The maximum absolute atomic E-state index is 5.16. The van der Waals surface area contributed by atoms with Gasteiger partial charge >= 0.3 is 0 Å². The average Bonchev–Trinajstić information content (AvgIpc) is 2.41. The van der Waals surface area contributed by atoms with E-state index in [0.717, 1.165) is 25.3 Å². The molecule has 19 heavy (non-hydrogen) atoms. The van der Waals surface area contributed by atoms with Crippen LogP contribution in [-0.4, -0.2) is 45.2 Å². The Kier molecular flexibility index (Phi) is 7.53. The van der Waals surface area contributed by atoms with Crippen LogP contribution in [0.4, 0.5) is 0 Å². The molecule has 0 radical (unpaired) electrons. The van der Waals surface area contributed by atoms with Crippen LogP contribution in [0.1, 0.15) is 25.3 Å². The Morgan fingerprint density at radius 3 is 2.47 bits per heavy atom. The van der Waals surface area contributed by atoms with E-state index < -0.39 is 0 Å². The molecule has 0 unspecified atom stereocenters. The number of nitrogens with zero attached hydrogens (tertiary/aromatic N) is 1. The number of ether oxygens (including phenoxy) is 1. The van der Waals surface area contributed by atoms with Gasteiger partial charge in [-0.25, -0.2) is 0 Å². The van der Waals surface area contributed by atoms with Crippen molar-refractivity contribution in [2.45, 2.75) is 32.2 Å². The Bertz CT molecular complexity index is 335. The van der Waals surface area contributed by atoms with Gasteiger partial charge in [0.25, 0.3) is 0 Å². The number of methoxy groups -OCH3 is 1. The summed E-state index contributed by atoms with van der Waals surface area (Å²) in [7, 11) is 5.94. The number of hydrogen-bond donors (Lipinski definition) is 1. The first-order valence-electron chi connectivity index (χ1n) is 7.13. The quantitative estimate of drug-likeness (QED) is 0.694. The number of aryl methyl sites for hydroxylation is 1. The highest BCUT2D eigenvalue weighted by Crippen LogP contribution is 2.13. The maximum atomic E-state index is 5.16. The molecule has 0 aromatic heterocycles. The molecule has 0 bridgehead atoms.